The molecule has 1 saturated heterocycles. The fraction of sp³-hybridized carbons (Fsp3) is 0.615. The van der Waals surface area contributed by atoms with E-state index >= 15 is 0 Å². The maximum atomic E-state index is 5.66. The fourth-order valence-electron chi connectivity index (χ4n) is 1.96. The number of rotatable bonds is 6. The first-order valence-corrected chi connectivity index (χ1v) is 6.46. The molecule has 0 radical (unpaired) electrons. The topological polar surface area (TPSA) is 60.6 Å². The third-order valence-electron chi connectivity index (χ3n) is 2.99. The van der Waals surface area contributed by atoms with Crippen molar-refractivity contribution in [1.29, 1.82) is 0 Å². The molecule has 2 N–H and O–H groups in total. The van der Waals surface area contributed by atoms with Gasteiger partial charge in [0.05, 0.1) is 13.2 Å². The second-order valence-corrected chi connectivity index (χ2v) is 4.34. The number of ether oxygens (including phenoxy) is 2. The molecule has 0 unspecified atom stereocenters. The van der Waals surface area contributed by atoms with Gasteiger partial charge in [-0.25, -0.2) is 4.98 Å². The lowest BCUT2D eigenvalue weighted by Gasteiger charge is -2.26. The Morgan fingerprint density at radius 2 is 2.22 bits per heavy atom. The van der Waals surface area contributed by atoms with E-state index in [4.69, 9.17) is 15.2 Å². The van der Waals surface area contributed by atoms with E-state index in [1.807, 2.05) is 12.1 Å². The molecule has 0 atom stereocenters. The molecule has 1 aliphatic heterocycles. The number of nitrogens with zero attached hydrogens (tertiary/aromatic N) is 2. The van der Waals surface area contributed by atoms with E-state index in [2.05, 4.69) is 9.88 Å². The molecule has 1 aromatic heterocycles. The third kappa shape index (κ3) is 4.25. The van der Waals surface area contributed by atoms with E-state index in [0.717, 1.165) is 39.3 Å². The first-order chi connectivity index (χ1) is 8.88. The maximum Gasteiger partial charge on any atom is 0.213 e. The van der Waals surface area contributed by atoms with Crippen LogP contribution in [0.3, 0.4) is 0 Å². The van der Waals surface area contributed by atoms with Crippen LogP contribution in [0.5, 0.6) is 5.88 Å². The smallest absolute Gasteiger partial charge is 0.213 e. The highest BCUT2D eigenvalue weighted by molar-refractivity contribution is 5.20. The summed E-state index contributed by atoms with van der Waals surface area (Å²) in [6.07, 6.45) is 2.64. The molecule has 2 rings (SSSR count). The summed E-state index contributed by atoms with van der Waals surface area (Å²) in [6, 6.07) is 3.94. The van der Waals surface area contributed by atoms with Gasteiger partial charge < -0.3 is 15.2 Å². The van der Waals surface area contributed by atoms with Gasteiger partial charge in [-0.1, -0.05) is 0 Å². The second-order valence-electron chi connectivity index (χ2n) is 4.34. The molecule has 1 aromatic rings. The van der Waals surface area contributed by atoms with Gasteiger partial charge in [0.15, 0.2) is 0 Å². The largest absolute Gasteiger partial charge is 0.476 e. The molecule has 0 aromatic carbocycles. The fourth-order valence-corrected chi connectivity index (χ4v) is 1.96. The summed E-state index contributed by atoms with van der Waals surface area (Å²) in [6.45, 7) is 5.87. The zero-order valence-corrected chi connectivity index (χ0v) is 10.7. The van der Waals surface area contributed by atoms with Crippen molar-refractivity contribution in [2.24, 2.45) is 5.73 Å². The van der Waals surface area contributed by atoms with Crippen LogP contribution in [0.25, 0.3) is 0 Å². The average molecular weight is 251 g/mol. The predicted molar refractivity (Wildman–Crippen MR) is 69.7 cm³/mol. The van der Waals surface area contributed by atoms with Crippen molar-refractivity contribution >= 4 is 0 Å². The number of hydrogen-bond donors (Lipinski definition) is 1. The monoisotopic (exact) mass is 251 g/mol. The van der Waals surface area contributed by atoms with E-state index in [1.54, 1.807) is 6.20 Å². The van der Waals surface area contributed by atoms with E-state index in [-0.39, 0.29) is 0 Å². The van der Waals surface area contributed by atoms with Crippen LogP contribution in [-0.2, 0) is 11.2 Å². The van der Waals surface area contributed by atoms with Crippen molar-refractivity contribution in [2.75, 3.05) is 46.0 Å². The Bertz CT molecular complexity index is 354. The standard InChI is InChI=1S/C13H21N3O2/c14-3-1-12-2-4-15-13(11-12)18-10-7-16-5-8-17-9-6-16/h2,4,11H,1,3,5-10,14H2. The average Bonchev–Trinajstić information content (AvgIpc) is 2.41. The quantitative estimate of drug-likeness (QED) is 0.787. The minimum Gasteiger partial charge on any atom is -0.476 e. The maximum absolute atomic E-state index is 5.66. The van der Waals surface area contributed by atoms with Gasteiger partial charge >= 0.3 is 0 Å². The van der Waals surface area contributed by atoms with Crippen LogP contribution in [0.4, 0.5) is 0 Å². The Kier molecular flexibility index (Phi) is 5.38. The highest BCUT2D eigenvalue weighted by atomic mass is 16.5. The summed E-state index contributed by atoms with van der Waals surface area (Å²) in [4.78, 5) is 6.54. The van der Waals surface area contributed by atoms with E-state index in [9.17, 15) is 0 Å². The lowest BCUT2D eigenvalue weighted by molar-refractivity contribution is 0.0320. The van der Waals surface area contributed by atoms with Crippen LogP contribution < -0.4 is 10.5 Å². The molecular formula is C13H21N3O2. The molecule has 0 spiro atoms. The Labute approximate surface area is 108 Å². The molecule has 1 fully saturated rings. The summed E-state index contributed by atoms with van der Waals surface area (Å²) in [5.74, 6) is 0.689. The van der Waals surface area contributed by atoms with Crippen LogP contribution in [0.2, 0.25) is 0 Å². The molecule has 5 nitrogen and oxygen atoms in total. The molecule has 5 heteroatoms. The number of aromatic nitrogens is 1. The summed E-state index contributed by atoms with van der Waals surface area (Å²) in [7, 11) is 0. The highest BCUT2D eigenvalue weighted by Crippen LogP contribution is 2.09. The van der Waals surface area contributed by atoms with Gasteiger partial charge in [-0.2, -0.15) is 0 Å². The van der Waals surface area contributed by atoms with E-state index in [0.29, 0.717) is 19.0 Å². The highest BCUT2D eigenvalue weighted by Gasteiger charge is 2.09. The van der Waals surface area contributed by atoms with Crippen LogP contribution in [0, 0.1) is 0 Å². The Hall–Kier alpha value is -1.17. The molecule has 0 saturated carbocycles. The summed E-state index contributed by atoms with van der Waals surface area (Å²) in [5, 5.41) is 0. The van der Waals surface area contributed by atoms with Crippen molar-refractivity contribution < 1.29 is 9.47 Å². The van der Waals surface area contributed by atoms with Crippen LogP contribution in [0.1, 0.15) is 5.56 Å². The zero-order chi connectivity index (χ0) is 12.6. The van der Waals surface area contributed by atoms with E-state index < -0.39 is 0 Å². The summed E-state index contributed by atoms with van der Waals surface area (Å²) >= 11 is 0. The molecule has 100 valence electrons. The van der Waals surface area contributed by atoms with Gasteiger partial charge in [-0.3, -0.25) is 4.90 Å². The molecule has 18 heavy (non-hydrogen) atoms. The first kappa shape index (κ1) is 13.3. The SMILES string of the molecule is NCCc1ccnc(OCCN2CCOCC2)c1. The van der Waals surface area contributed by atoms with Crippen LogP contribution >= 0.6 is 0 Å². The molecular weight excluding hydrogens is 230 g/mol. The Morgan fingerprint density at radius 3 is 3.00 bits per heavy atom. The van der Waals surface area contributed by atoms with Crippen molar-refractivity contribution in [1.82, 2.24) is 9.88 Å². The number of hydrogen-bond acceptors (Lipinski definition) is 5. The van der Waals surface area contributed by atoms with Gasteiger partial charge in [-0.05, 0) is 24.6 Å². The number of nitrogens with two attached hydrogens (primary N) is 1. The minimum absolute atomic E-state index is 0.650. The lowest BCUT2D eigenvalue weighted by Crippen LogP contribution is -2.38. The van der Waals surface area contributed by atoms with Crippen LogP contribution in [0.15, 0.2) is 18.3 Å². The predicted octanol–water partition coefficient (Wildman–Crippen LogP) is 0.294. The second kappa shape index (κ2) is 7.31. The first-order valence-electron chi connectivity index (χ1n) is 6.46. The van der Waals surface area contributed by atoms with Crippen LogP contribution in [-0.4, -0.2) is 55.9 Å². The van der Waals surface area contributed by atoms with Crippen molar-refractivity contribution in [3.63, 3.8) is 0 Å². The number of morpholine rings is 1. The van der Waals surface area contributed by atoms with Gasteiger partial charge in [0.2, 0.25) is 5.88 Å². The molecule has 0 aliphatic carbocycles. The third-order valence-corrected chi connectivity index (χ3v) is 2.99. The van der Waals surface area contributed by atoms with Crippen molar-refractivity contribution in [3.05, 3.63) is 23.9 Å². The number of pyridine rings is 1. The van der Waals surface area contributed by atoms with E-state index in [1.165, 1.54) is 5.56 Å². The Morgan fingerprint density at radius 1 is 1.39 bits per heavy atom. The van der Waals surface area contributed by atoms with Crippen molar-refractivity contribution in [3.8, 4) is 5.88 Å². The Balaban J connectivity index is 1.73. The van der Waals surface area contributed by atoms with Gasteiger partial charge in [-0.15, -0.1) is 0 Å². The summed E-state index contributed by atoms with van der Waals surface area (Å²) in [5.41, 5.74) is 6.70. The van der Waals surface area contributed by atoms with Gasteiger partial charge in [0.1, 0.15) is 6.61 Å². The minimum atomic E-state index is 0.650. The van der Waals surface area contributed by atoms with Crippen molar-refractivity contribution in [2.45, 2.75) is 6.42 Å². The zero-order valence-electron chi connectivity index (χ0n) is 10.7. The molecule has 2 heterocycles. The van der Waals surface area contributed by atoms with Gasteiger partial charge in [0.25, 0.3) is 0 Å². The normalized spacial score (nSPS) is 16.7. The lowest BCUT2D eigenvalue weighted by atomic mass is 10.2. The molecule has 1 aliphatic rings. The summed E-state index contributed by atoms with van der Waals surface area (Å²) < 4.78 is 11.0. The molecule has 0 amide bonds. The van der Waals surface area contributed by atoms with Gasteiger partial charge in [0, 0.05) is 31.9 Å². The molecule has 0 bridgehead atoms.